The largest absolute Gasteiger partial charge is 0.349 e. The van der Waals surface area contributed by atoms with Crippen molar-refractivity contribution in [2.24, 2.45) is 0 Å². The van der Waals surface area contributed by atoms with Gasteiger partial charge in [0.2, 0.25) is 5.91 Å². The first-order valence-electron chi connectivity index (χ1n) is 12.2. The molecule has 0 aromatic heterocycles. The van der Waals surface area contributed by atoms with Crippen LogP contribution in [0.25, 0.3) is 6.08 Å². The normalized spacial score (nSPS) is 11.7. The minimum Gasteiger partial charge on any atom is -0.349 e. The zero-order valence-corrected chi connectivity index (χ0v) is 20.7. The van der Waals surface area contributed by atoms with Gasteiger partial charge in [-0.05, 0) is 59.5 Å². The summed E-state index contributed by atoms with van der Waals surface area (Å²) in [5, 5.41) is 3.02. The smallest absolute Gasteiger partial charge is 0.251 e. The molecule has 0 aliphatic rings. The van der Waals surface area contributed by atoms with Gasteiger partial charge in [-0.2, -0.15) is 0 Å². The fourth-order valence-electron chi connectivity index (χ4n) is 4.03. The quantitative estimate of drug-likeness (QED) is 0.272. The second-order valence-electron chi connectivity index (χ2n) is 8.84. The van der Waals surface area contributed by atoms with Crippen LogP contribution in [0.3, 0.4) is 0 Å². The molecule has 4 aromatic rings. The number of amides is 2. The van der Waals surface area contributed by atoms with Crippen LogP contribution in [-0.2, 0) is 22.6 Å². The second-order valence-corrected chi connectivity index (χ2v) is 8.84. The molecule has 1 N–H and O–H groups in total. The summed E-state index contributed by atoms with van der Waals surface area (Å²) in [7, 11) is 0. The number of nitrogens with zero attached hydrogens (tertiary/aromatic N) is 1. The standard InChI is InChI=1S/C32H29FN2O2/c1-24(28-12-6-3-7-13-28)34-31(36)22-26-15-18-30(19-16-26)35(23-27-11-8-14-29(33)21-27)32(37)20-17-25-9-4-2-5-10-25/h2-21,24H,22-23H2,1H3,(H,34,36). The Morgan fingerprint density at radius 1 is 0.838 bits per heavy atom. The maximum Gasteiger partial charge on any atom is 0.251 e. The lowest BCUT2D eigenvalue weighted by atomic mass is 10.1. The molecule has 0 aliphatic heterocycles. The molecule has 2 amide bonds. The maximum absolute atomic E-state index is 13.8. The topological polar surface area (TPSA) is 49.4 Å². The molecule has 0 radical (unpaired) electrons. The second kappa shape index (κ2) is 12.5. The minimum absolute atomic E-state index is 0.0809. The van der Waals surface area contributed by atoms with Crippen molar-refractivity contribution in [3.63, 3.8) is 0 Å². The highest BCUT2D eigenvalue weighted by molar-refractivity contribution is 6.03. The SMILES string of the molecule is CC(NC(=O)Cc1ccc(N(Cc2cccc(F)c2)C(=O)C=Cc2ccccc2)cc1)c1ccccc1. The van der Waals surface area contributed by atoms with Gasteiger partial charge in [0.25, 0.3) is 5.91 Å². The van der Waals surface area contributed by atoms with E-state index in [0.29, 0.717) is 11.3 Å². The molecule has 37 heavy (non-hydrogen) atoms. The highest BCUT2D eigenvalue weighted by atomic mass is 19.1. The Hall–Kier alpha value is -4.51. The zero-order valence-electron chi connectivity index (χ0n) is 20.7. The van der Waals surface area contributed by atoms with Crippen LogP contribution in [0.4, 0.5) is 10.1 Å². The summed E-state index contributed by atoms with van der Waals surface area (Å²) in [6.07, 6.45) is 3.50. The number of hydrogen-bond acceptors (Lipinski definition) is 2. The van der Waals surface area contributed by atoms with E-state index in [1.54, 1.807) is 23.1 Å². The monoisotopic (exact) mass is 492 g/mol. The third kappa shape index (κ3) is 7.48. The number of benzene rings is 4. The van der Waals surface area contributed by atoms with Crippen molar-refractivity contribution in [1.82, 2.24) is 5.32 Å². The third-order valence-corrected chi connectivity index (χ3v) is 6.00. The molecular formula is C32H29FN2O2. The van der Waals surface area contributed by atoms with Crippen molar-refractivity contribution in [3.8, 4) is 0 Å². The van der Waals surface area contributed by atoms with E-state index in [2.05, 4.69) is 5.32 Å². The summed E-state index contributed by atoms with van der Waals surface area (Å²) in [6, 6.07) is 32.8. The number of anilines is 1. The number of nitrogens with one attached hydrogen (secondary N) is 1. The molecule has 1 unspecified atom stereocenters. The molecule has 0 spiro atoms. The zero-order chi connectivity index (χ0) is 26.0. The first-order valence-corrected chi connectivity index (χ1v) is 12.2. The van der Waals surface area contributed by atoms with Gasteiger partial charge in [0.15, 0.2) is 0 Å². The van der Waals surface area contributed by atoms with E-state index in [1.165, 1.54) is 18.2 Å². The van der Waals surface area contributed by atoms with E-state index in [4.69, 9.17) is 0 Å². The number of carbonyl (C=O) groups is 2. The van der Waals surface area contributed by atoms with E-state index in [1.807, 2.05) is 91.9 Å². The molecule has 0 aliphatic carbocycles. The van der Waals surface area contributed by atoms with Crippen molar-refractivity contribution in [3.05, 3.63) is 143 Å². The van der Waals surface area contributed by atoms with Gasteiger partial charge in [-0.15, -0.1) is 0 Å². The Bertz CT molecular complexity index is 1350. The van der Waals surface area contributed by atoms with E-state index >= 15 is 0 Å². The first kappa shape index (κ1) is 25.6. The van der Waals surface area contributed by atoms with E-state index in [0.717, 1.165) is 16.7 Å². The predicted octanol–water partition coefficient (Wildman–Crippen LogP) is 6.49. The fourth-order valence-corrected chi connectivity index (χ4v) is 4.03. The average molecular weight is 493 g/mol. The van der Waals surface area contributed by atoms with E-state index in [-0.39, 0.29) is 36.6 Å². The average Bonchev–Trinajstić information content (AvgIpc) is 2.92. The molecule has 5 heteroatoms. The van der Waals surface area contributed by atoms with Crippen LogP contribution >= 0.6 is 0 Å². The van der Waals surface area contributed by atoms with Gasteiger partial charge in [-0.1, -0.05) is 84.9 Å². The summed E-state index contributed by atoms with van der Waals surface area (Å²) in [6.45, 7) is 2.17. The summed E-state index contributed by atoms with van der Waals surface area (Å²) >= 11 is 0. The van der Waals surface area contributed by atoms with Gasteiger partial charge in [0, 0.05) is 11.8 Å². The van der Waals surface area contributed by atoms with Gasteiger partial charge < -0.3 is 10.2 Å². The lowest BCUT2D eigenvalue weighted by molar-refractivity contribution is -0.121. The van der Waals surface area contributed by atoms with Gasteiger partial charge in [0.05, 0.1) is 19.0 Å². The molecule has 4 rings (SSSR count). The van der Waals surface area contributed by atoms with Gasteiger partial charge in [-0.3, -0.25) is 9.59 Å². The maximum atomic E-state index is 13.8. The Kier molecular flexibility index (Phi) is 8.61. The molecule has 0 heterocycles. The fraction of sp³-hybridized carbons (Fsp3) is 0.125. The molecule has 0 bridgehead atoms. The first-order chi connectivity index (χ1) is 18.0. The van der Waals surface area contributed by atoms with Crippen molar-refractivity contribution >= 4 is 23.6 Å². The Balaban J connectivity index is 1.48. The Morgan fingerprint density at radius 3 is 2.19 bits per heavy atom. The highest BCUT2D eigenvalue weighted by Crippen LogP contribution is 2.21. The molecule has 0 saturated carbocycles. The van der Waals surface area contributed by atoms with Crippen LogP contribution < -0.4 is 10.2 Å². The minimum atomic E-state index is -0.351. The number of rotatable bonds is 9. The molecule has 4 aromatic carbocycles. The summed E-state index contributed by atoms with van der Waals surface area (Å²) in [5.41, 5.74) is 4.13. The third-order valence-electron chi connectivity index (χ3n) is 6.00. The van der Waals surface area contributed by atoms with Crippen molar-refractivity contribution in [2.75, 3.05) is 4.90 Å². The molecule has 0 saturated heterocycles. The van der Waals surface area contributed by atoms with Crippen LogP contribution in [0.5, 0.6) is 0 Å². The summed E-state index contributed by atoms with van der Waals surface area (Å²) in [4.78, 5) is 27.4. The van der Waals surface area contributed by atoms with E-state index in [9.17, 15) is 14.0 Å². The van der Waals surface area contributed by atoms with Crippen molar-refractivity contribution in [2.45, 2.75) is 25.9 Å². The number of carbonyl (C=O) groups excluding carboxylic acids is 2. The van der Waals surface area contributed by atoms with Crippen molar-refractivity contribution < 1.29 is 14.0 Å². The number of halogens is 1. The summed E-state index contributed by atoms with van der Waals surface area (Å²) in [5.74, 6) is -0.659. The summed E-state index contributed by atoms with van der Waals surface area (Å²) < 4.78 is 13.8. The van der Waals surface area contributed by atoms with Gasteiger partial charge in [0.1, 0.15) is 5.82 Å². The predicted molar refractivity (Wildman–Crippen MR) is 146 cm³/mol. The van der Waals surface area contributed by atoms with Crippen LogP contribution in [0.1, 0.15) is 35.2 Å². The van der Waals surface area contributed by atoms with Gasteiger partial charge >= 0.3 is 0 Å². The number of hydrogen-bond donors (Lipinski definition) is 1. The van der Waals surface area contributed by atoms with Crippen molar-refractivity contribution in [1.29, 1.82) is 0 Å². The molecule has 4 nitrogen and oxygen atoms in total. The highest BCUT2D eigenvalue weighted by Gasteiger charge is 2.16. The molecule has 0 fully saturated rings. The van der Waals surface area contributed by atoms with E-state index < -0.39 is 0 Å². The Morgan fingerprint density at radius 2 is 1.51 bits per heavy atom. The lowest BCUT2D eigenvalue weighted by Gasteiger charge is -2.22. The molecule has 186 valence electrons. The Labute approximate surface area is 217 Å². The lowest BCUT2D eigenvalue weighted by Crippen LogP contribution is -2.29. The van der Waals surface area contributed by atoms with Gasteiger partial charge in [-0.25, -0.2) is 4.39 Å². The van der Waals surface area contributed by atoms with Crippen LogP contribution in [0.15, 0.2) is 115 Å². The van der Waals surface area contributed by atoms with Crippen LogP contribution in [0, 0.1) is 5.82 Å². The van der Waals surface area contributed by atoms with Crippen LogP contribution in [0.2, 0.25) is 0 Å². The molecular weight excluding hydrogens is 463 g/mol. The molecule has 1 atom stereocenters. The van der Waals surface area contributed by atoms with Crippen LogP contribution in [-0.4, -0.2) is 11.8 Å².